The molecule has 1 aromatic rings. The highest BCUT2D eigenvalue weighted by molar-refractivity contribution is 5.31. The molecule has 112 valence electrons. The number of ether oxygens (including phenoxy) is 2. The molecule has 2 N–H and O–H groups in total. The van der Waals surface area contributed by atoms with Crippen molar-refractivity contribution in [3.8, 4) is 5.75 Å². The zero-order valence-electron chi connectivity index (χ0n) is 12.4. The lowest BCUT2D eigenvalue weighted by atomic mass is 9.95. The SMILES string of the molecule is COc1ccc(C(CN)N2CCOCC2(C)C)cc1F. The molecule has 0 aliphatic carbocycles. The normalized spacial score (nSPS) is 20.6. The fourth-order valence-electron chi connectivity index (χ4n) is 2.78. The van der Waals surface area contributed by atoms with Crippen LogP contribution in [-0.2, 0) is 4.74 Å². The summed E-state index contributed by atoms with van der Waals surface area (Å²) in [5, 5.41) is 0. The molecule has 1 aliphatic heterocycles. The Morgan fingerprint density at radius 3 is 2.80 bits per heavy atom. The third-order valence-corrected chi connectivity index (χ3v) is 3.87. The number of hydrogen-bond donors (Lipinski definition) is 1. The molecule has 1 unspecified atom stereocenters. The summed E-state index contributed by atoms with van der Waals surface area (Å²) in [7, 11) is 1.46. The number of hydrogen-bond acceptors (Lipinski definition) is 4. The summed E-state index contributed by atoms with van der Waals surface area (Å²) >= 11 is 0. The van der Waals surface area contributed by atoms with Gasteiger partial charge in [-0.1, -0.05) is 6.07 Å². The van der Waals surface area contributed by atoms with Crippen molar-refractivity contribution in [1.29, 1.82) is 0 Å². The first kappa shape index (κ1) is 15.2. The Bertz CT molecular complexity index is 465. The minimum absolute atomic E-state index is 0.0192. The second-order valence-corrected chi connectivity index (χ2v) is 5.70. The van der Waals surface area contributed by atoms with Gasteiger partial charge < -0.3 is 15.2 Å². The fraction of sp³-hybridized carbons (Fsp3) is 0.600. The lowest BCUT2D eigenvalue weighted by Gasteiger charge is -2.46. The third-order valence-electron chi connectivity index (χ3n) is 3.87. The summed E-state index contributed by atoms with van der Waals surface area (Å²) < 4.78 is 24.4. The molecular formula is C15H23FN2O2. The van der Waals surface area contributed by atoms with Gasteiger partial charge in [-0.3, -0.25) is 4.90 Å². The summed E-state index contributed by atoms with van der Waals surface area (Å²) in [5.41, 5.74) is 6.70. The molecular weight excluding hydrogens is 259 g/mol. The van der Waals surface area contributed by atoms with Gasteiger partial charge in [-0.05, 0) is 31.5 Å². The summed E-state index contributed by atoms with van der Waals surface area (Å²) in [6, 6.07) is 5.03. The van der Waals surface area contributed by atoms with E-state index >= 15 is 0 Å². The predicted octanol–water partition coefficient (Wildman–Crippen LogP) is 1.94. The van der Waals surface area contributed by atoms with E-state index in [-0.39, 0.29) is 23.1 Å². The Kier molecular flexibility index (Phi) is 4.62. The minimum atomic E-state index is -0.352. The van der Waals surface area contributed by atoms with E-state index in [1.807, 2.05) is 6.07 Å². The second-order valence-electron chi connectivity index (χ2n) is 5.70. The molecule has 0 amide bonds. The number of morpholine rings is 1. The van der Waals surface area contributed by atoms with E-state index in [1.54, 1.807) is 6.07 Å². The molecule has 1 fully saturated rings. The van der Waals surface area contributed by atoms with Crippen molar-refractivity contribution in [3.63, 3.8) is 0 Å². The van der Waals surface area contributed by atoms with Gasteiger partial charge in [-0.25, -0.2) is 4.39 Å². The van der Waals surface area contributed by atoms with Crippen molar-refractivity contribution in [2.45, 2.75) is 25.4 Å². The molecule has 0 aromatic heterocycles. The van der Waals surface area contributed by atoms with Crippen LogP contribution in [0.4, 0.5) is 4.39 Å². The number of nitrogens with two attached hydrogens (primary N) is 1. The first-order valence-corrected chi connectivity index (χ1v) is 6.87. The molecule has 0 bridgehead atoms. The fourth-order valence-corrected chi connectivity index (χ4v) is 2.78. The molecule has 20 heavy (non-hydrogen) atoms. The van der Waals surface area contributed by atoms with Crippen LogP contribution in [0.3, 0.4) is 0 Å². The average molecular weight is 282 g/mol. The maximum atomic E-state index is 13.9. The highest BCUT2D eigenvalue weighted by Crippen LogP contribution is 2.31. The Hall–Kier alpha value is -1.17. The highest BCUT2D eigenvalue weighted by atomic mass is 19.1. The van der Waals surface area contributed by atoms with Crippen LogP contribution in [0.25, 0.3) is 0 Å². The molecule has 4 nitrogen and oxygen atoms in total. The molecule has 5 heteroatoms. The number of benzene rings is 1. The van der Waals surface area contributed by atoms with Crippen LogP contribution in [0.2, 0.25) is 0 Å². The average Bonchev–Trinajstić information content (AvgIpc) is 2.41. The monoisotopic (exact) mass is 282 g/mol. The van der Waals surface area contributed by atoms with E-state index in [4.69, 9.17) is 15.2 Å². The van der Waals surface area contributed by atoms with Crippen molar-refractivity contribution in [1.82, 2.24) is 4.90 Å². The van der Waals surface area contributed by atoms with Crippen molar-refractivity contribution < 1.29 is 13.9 Å². The van der Waals surface area contributed by atoms with Crippen LogP contribution < -0.4 is 10.5 Å². The summed E-state index contributed by atoms with van der Waals surface area (Å²) in [5.74, 6) is -0.0970. The zero-order valence-corrected chi connectivity index (χ0v) is 12.4. The van der Waals surface area contributed by atoms with Crippen LogP contribution in [0.1, 0.15) is 25.5 Å². The van der Waals surface area contributed by atoms with Crippen LogP contribution in [-0.4, -0.2) is 43.9 Å². The molecule has 1 aromatic carbocycles. The quantitative estimate of drug-likeness (QED) is 0.917. The van der Waals surface area contributed by atoms with Gasteiger partial charge in [0.05, 0.1) is 20.3 Å². The number of halogens is 1. The first-order chi connectivity index (χ1) is 9.49. The standard InChI is InChI=1S/C15H23FN2O2/c1-15(2)10-20-7-6-18(15)13(9-17)11-4-5-14(19-3)12(16)8-11/h4-5,8,13H,6-7,9-10,17H2,1-3H3. The highest BCUT2D eigenvalue weighted by Gasteiger charge is 2.35. The maximum Gasteiger partial charge on any atom is 0.165 e. The third kappa shape index (κ3) is 2.95. The minimum Gasteiger partial charge on any atom is -0.494 e. The summed E-state index contributed by atoms with van der Waals surface area (Å²) in [6.45, 7) is 6.81. The predicted molar refractivity (Wildman–Crippen MR) is 76.4 cm³/mol. The maximum absolute atomic E-state index is 13.9. The van der Waals surface area contributed by atoms with Crippen LogP contribution in [0, 0.1) is 5.82 Å². The summed E-state index contributed by atoms with van der Waals surface area (Å²) in [6.07, 6.45) is 0. The molecule has 1 atom stereocenters. The van der Waals surface area contributed by atoms with Crippen molar-refractivity contribution in [3.05, 3.63) is 29.6 Å². The molecule has 1 heterocycles. The summed E-state index contributed by atoms with van der Waals surface area (Å²) in [4.78, 5) is 2.29. The molecule has 0 spiro atoms. The first-order valence-electron chi connectivity index (χ1n) is 6.87. The Balaban J connectivity index is 2.29. The largest absolute Gasteiger partial charge is 0.494 e. The van der Waals surface area contributed by atoms with Gasteiger partial charge in [0.15, 0.2) is 11.6 Å². The van der Waals surface area contributed by atoms with Gasteiger partial charge in [-0.15, -0.1) is 0 Å². The van der Waals surface area contributed by atoms with E-state index in [2.05, 4.69) is 18.7 Å². The van der Waals surface area contributed by atoms with Crippen molar-refractivity contribution in [2.75, 3.05) is 33.4 Å². The van der Waals surface area contributed by atoms with Gasteiger partial charge >= 0.3 is 0 Å². The number of methoxy groups -OCH3 is 1. The van der Waals surface area contributed by atoms with Gasteiger partial charge in [0.1, 0.15) is 0 Å². The van der Waals surface area contributed by atoms with Gasteiger partial charge in [0, 0.05) is 24.7 Å². The Labute approximate surface area is 119 Å². The van der Waals surface area contributed by atoms with E-state index in [1.165, 1.54) is 13.2 Å². The van der Waals surface area contributed by atoms with Crippen molar-refractivity contribution in [2.24, 2.45) is 5.73 Å². The number of nitrogens with zero attached hydrogens (tertiary/aromatic N) is 1. The van der Waals surface area contributed by atoms with Gasteiger partial charge in [0.25, 0.3) is 0 Å². The molecule has 0 saturated carbocycles. The van der Waals surface area contributed by atoms with E-state index in [0.29, 0.717) is 19.8 Å². The Morgan fingerprint density at radius 1 is 1.50 bits per heavy atom. The lowest BCUT2D eigenvalue weighted by molar-refractivity contribution is -0.0713. The van der Waals surface area contributed by atoms with Crippen molar-refractivity contribution >= 4 is 0 Å². The molecule has 2 rings (SSSR count). The molecule has 1 saturated heterocycles. The van der Waals surface area contributed by atoms with Gasteiger partial charge in [-0.2, -0.15) is 0 Å². The molecule has 1 aliphatic rings. The van der Waals surface area contributed by atoms with E-state index in [9.17, 15) is 4.39 Å². The smallest absolute Gasteiger partial charge is 0.165 e. The zero-order chi connectivity index (χ0) is 14.8. The Morgan fingerprint density at radius 2 is 2.25 bits per heavy atom. The number of rotatable bonds is 4. The molecule has 0 radical (unpaired) electrons. The van der Waals surface area contributed by atoms with E-state index < -0.39 is 0 Å². The van der Waals surface area contributed by atoms with Crippen LogP contribution in [0.5, 0.6) is 5.75 Å². The second kappa shape index (κ2) is 6.08. The lowest BCUT2D eigenvalue weighted by Crippen LogP contribution is -2.55. The van der Waals surface area contributed by atoms with E-state index in [0.717, 1.165) is 12.1 Å². The van der Waals surface area contributed by atoms with Crippen LogP contribution >= 0.6 is 0 Å². The van der Waals surface area contributed by atoms with Gasteiger partial charge in [0.2, 0.25) is 0 Å². The van der Waals surface area contributed by atoms with Crippen LogP contribution in [0.15, 0.2) is 18.2 Å². The topological polar surface area (TPSA) is 47.7 Å².